The second-order valence-corrected chi connectivity index (χ2v) is 7.51. The fraction of sp³-hybridized carbons (Fsp3) is 0.125. The van der Waals surface area contributed by atoms with E-state index in [1.807, 2.05) is 5.41 Å². The normalized spacial score (nSPS) is 13.4. The first-order valence-corrected chi connectivity index (χ1v) is 9.81. The van der Waals surface area contributed by atoms with Crippen molar-refractivity contribution in [2.24, 2.45) is 0 Å². The van der Waals surface area contributed by atoms with Crippen molar-refractivity contribution in [3.8, 4) is 0 Å². The first-order chi connectivity index (χ1) is 12.1. The van der Waals surface area contributed by atoms with Crippen LogP contribution in [0.15, 0.2) is 46.5 Å². The maximum atomic E-state index is 14.4. The molecule has 0 bridgehead atoms. The van der Waals surface area contributed by atoms with E-state index in [9.17, 15) is 8.78 Å². The van der Waals surface area contributed by atoms with E-state index in [-0.39, 0.29) is 11.6 Å². The Kier molecular flexibility index (Phi) is 6.22. The van der Waals surface area contributed by atoms with Gasteiger partial charge in [0.2, 0.25) is 0 Å². The van der Waals surface area contributed by atoms with Crippen molar-refractivity contribution in [2.75, 3.05) is 11.2 Å². The molecule has 0 unspecified atom stereocenters. The van der Waals surface area contributed by atoms with Crippen LogP contribution in [-0.2, 0) is 6.54 Å². The molecule has 0 radical (unpaired) electrons. The Labute approximate surface area is 162 Å². The Bertz CT molecular complexity index is 798. The van der Waals surface area contributed by atoms with Crippen LogP contribution in [0, 0.1) is 11.6 Å². The first kappa shape index (κ1) is 18.5. The summed E-state index contributed by atoms with van der Waals surface area (Å²) in [5.74, 6) is 0.633. The zero-order valence-corrected chi connectivity index (χ0v) is 15.9. The minimum absolute atomic E-state index is 0.0537. The predicted octanol–water partition coefficient (Wildman–Crippen LogP) is 5.57. The van der Waals surface area contributed by atoms with Gasteiger partial charge >= 0.3 is 0 Å². The van der Waals surface area contributed by atoms with Crippen LogP contribution in [0.5, 0.6) is 0 Å². The number of thioether (sulfide) groups is 1. The quantitative estimate of drug-likeness (QED) is 0.533. The maximum absolute atomic E-state index is 14.4. The fourth-order valence-electron chi connectivity index (χ4n) is 2.09. The van der Waals surface area contributed by atoms with E-state index in [0.717, 1.165) is 23.6 Å². The highest BCUT2D eigenvalue weighted by Crippen LogP contribution is 2.33. The van der Waals surface area contributed by atoms with Gasteiger partial charge in [0.1, 0.15) is 16.7 Å². The van der Waals surface area contributed by atoms with Crippen molar-refractivity contribution in [1.29, 1.82) is 0 Å². The van der Waals surface area contributed by atoms with E-state index in [2.05, 4.69) is 15.4 Å². The van der Waals surface area contributed by atoms with Crippen LogP contribution in [-0.4, -0.2) is 5.88 Å². The van der Waals surface area contributed by atoms with E-state index in [1.54, 1.807) is 30.0 Å². The summed E-state index contributed by atoms with van der Waals surface area (Å²) in [6, 6.07) is 7.70. The molecule has 1 aliphatic heterocycles. The molecule has 0 spiro atoms. The van der Waals surface area contributed by atoms with Crippen molar-refractivity contribution in [1.82, 2.24) is 10.0 Å². The van der Waals surface area contributed by atoms with Gasteiger partial charge in [-0.2, -0.15) is 0 Å². The topological polar surface area (TPSA) is 36.1 Å². The van der Waals surface area contributed by atoms with E-state index in [0.29, 0.717) is 21.2 Å². The van der Waals surface area contributed by atoms with Crippen LogP contribution in [0.3, 0.4) is 0 Å². The van der Waals surface area contributed by atoms with Gasteiger partial charge in [-0.3, -0.25) is 0 Å². The highest BCUT2D eigenvalue weighted by molar-refractivity contribution is 8.02. The molecule has 3 nitrogen and oxygen atoms in total. The molecule has 1 heterocycles. The van der Waals surface area contributed by atoms with Crippen molar-refractivity contribution in [3.63, 3.8) is 0 Å². The average molecular weight is 420 g/mol. The standard InChI is InChI=1S/C16H13Cl2F2N3S2/c17-10-2-1-3-11(19)9(10)6-21-12-4-5-13(16(20)15(12)18)25-23-14-7-24-8-22-14/h1-5,7,21-23H,6,8H2. The molecule has 1 aliphatic rings. The lowest BCUT2D eigenvalue weighted by atomic mass is 10.2. The molecule has 2 aromatic rings. The second-order valence-electron chi connectivity index (χ2n) is 5.02. The van der Waals surface area contributed by atoms with Crippen LogP contribution < -0.4 is 15.4 Å². The summed E-state index contributed by atoms with van der Waals surface area (Å²) in [7, 11) is 0. The molecule has 3 N–H and O–H groups in total. The van der Waals surface area contributed by atoms with Crippen LogP contribution in [0.1, 0.15) is 5.56 Å². The van der Waals surface area contributed by atoms with Crippen LogP contribution in [0.4, 0.5) is 14.5 Å². The summed E-state index contributed by atoms with van der Waals surface area (Å²) in [4.78, 5) is 0.360. The monoisotopic (exact) mass is 419 g/mol. The molecule has 0 aromatic heterocycles. The number of rotatable bonds is 6. The van der Waals surface area contributed by atoms with Crippen molar-refractivity contribution < 1.29 is 8.78 Å². The second kappa shape index (κ2) is 8.40. The molecule has 132 valence electrons. The van der Waals surface area contributed by atoms with Crippen LogP contribution in [0.2, 0.25) is 10.0 Å². The molecular formula is C16H13Cl2F2N3S2. The number of benzene rings is 2. The third kappa shape index (κ3) is 4.47. The summed E-state index contributed by atoms with van der Waals surface area (Å²) in [5, 5.41) is 8.19. The highest BCUT2D eigenvalue weighted by atomic mass is 35.5. The van der Waals surface area contributed by atoms with E-state index in [1.165, 1.54) is 12.1 Å². The van der Waals surface area contributed by atoms with Crippen LogP contribution >= 0.6 is 46.9 Å². The molecule has 0 saturated carbocycles. The Morgan fingerprint density at radius 3 is 2.76 bits per heavy atom. The van der Waals surface area contributed by atoms with Gasteiger partial charge in [0, 0.05) is 22.5 Å². The Morgan fingerprint density at radius 2 is 2.04 bits per heavy atom. The zero-order chi connectivity index (χ0) is 17.8. The third-order valence-electron chi connectivity index (χ3n) is 3.38. The molecule has 0 atom stereocenters. The lowest BCUT2D eigenvalue weighted by molar-refractivity contribution is 0.602. The maximum Gasteiger partial charge on any atom is 0.159 e. The van der Waals surface area contributed by atoms with Gasteiger partial charge in [-0.1, -0.05) is 29.3 Å². The van der Waals surface area contributed by atoms with Gasteiger partial charge in [0.15, 0.2) is 5.82 Å². The van der Waals surface area contributed by atoms with Crippen molar-refractivity contribution in [2.45, 2.75) is 11.4 Å². The van der Waals surface area contributed by atoms with Gasteiger partial charge in [-0.05, 0) is 36.2 Å². The van der Waals surface area contributed by atoms with Gasteiger partial charge in [-0.15, -0.1) is 11.8 Å². The lowest BCUT2D eigenvalue weighted by Gasteiger charge is -2.13. The van der Waals surface area contributed by atoms with Gasteiger partial charge in [-0.25, -0.2) is 8.78 Å². The van der Waals surface area contributed by atoms with Crippen molar-refractivity contribution >= 4 is 52.6 Å². The summed E-state index contributed by atoms with van der Waals surface area (Å²) < 4.78 is 31.2. The SMILES string of the molecule is Fc1cccc(Cl)c1CNc1ccc(SNC2=CSCN2)c(F)c1Cl. The summed E-state index contributed by atoms with van der Waals surface area (Å²) in [6.45, 7) is 0.101. The molecule has 0 saturated heterocycles. The van der Waals surface area contributed by atoms with E-state index >= 15 is 0 Å². The number of anilines is 1. The number of nitrogens with one attached hydrogen (secondary N) is 3. The van der Waals surface area contributed by atoms with Crippen LogP contribution in [0.25, 0.3) is 0 Å². The summed E-state index contributed by atoms with van der Waals surface area (Å²) in [5.41, 5.74) is 0.675. The largest absolute Gasteiger partial charge is 0.380 e. The lowest BCUT2D eigenvalue weighted by Crippen LogP contribution is -2.16. The minimum atomic E-state index is -0.546. The number of halogens is 4. The molecule has 0 amide bonds. The molecule has 9 heteroatoms. The molecular weight excluding hydrogens is 407 g/mol. The zero-order valence-electron chi connectivity index (χ0n) is 12.7. The Balaban J connectivity index is 1.69. The van der Waals surface area contributed by atoms with Gasteiger partial charge < -0.3 is 15.4 Å². The Hall–Kier alpha value is -1.28. The third-order valence-corrected chi connectivity index (χ3v) is 5.68. The molecule has 2 aromatic carbocycles. The molecule has 25 heavy (non-hydrogen) atoms. The average Bonchev–Trinajstić information content (AvgIpc) is 3.10. The predicted molar refractivity (Wildman–Crippen MR) is 103 cm³/mol. The minimum Gasteiger partial charge on any atom is -0.380 e. The molecule has 0 fully saturated rings. The van der Waals surface area contributed by atoms with E-state index < -0.39 is 11.6 Å². The van der Waals surface area contributed by atoms with Gasteiger partial charge in [0.25, 0.3) is 0 Å². The summed E-state index contributed by atoms with van der Waals surface area (Å²) >= 11 is 14.8. The fourth-order valence-corrected chi connectivity index (χ4v) is 3.99. The number of hydrogen-bond donors (Lipinski definition) is 3. The van der Waals surface area contributed by atoms with Gasteiger partial charge in [0.05, 0.1) is 16.5 Å². The highest BCUT2D eigenvalue weighted by Gasteiger charge is 2.14. The summed E-state index contributed by atoms with van der Waals surface area (Å²) in [6.07, 6.45) is 0. The molecule has 3 rings (SSSR count). The smallest absolute Gasteiger partial charge is 0.159 e. The molecule has 0 aliphatic carbocycles. The Morgan fingerprint density at radius 1 is 1.20 bits per heavy atom. The van der Waals surface area contributed by atoms with Crippen molar-refractivity contribution in [3.05, 3.63) is 68.8 Å². The van der Waals surface area contributed by atoms with E-state index in [4.69, 9.17) is 23.2 Å². The number of hydrogen-bond acceptors (Lipinski definition) is 5. The first-order valence-electron chi connectivity index (χ1n) is 7.19.